The van der Waals surface area contributed by atoms with Crippen molar-refractivity contribution < 1.29 is 14.6 Å². The van der Waals surface area contributed by atoms with Gasteiger partial charge in [0.1, 0.15) is 11.9 Å². The summed E-state index contributed by atoms with van der Waals surface area (Å²) in [5.74, 6) is 1.59. The van der Waals surface area contributed by atoms with Crippen LogP contribution in [0.2, 0.25) is 0 Å². The van der Waals surface area contributed by atoms with Gasteiger partial charge in [-0.15, -0.1) is 0 Å². The third-order valence-electron chi connectivity index (χ3n) is 3.06. The van der Waals surface area contributed by atoms with Crippen molar-refractivity contribution in [1.82, 2.24) is 0 Å². The third-order valence-corrected chi connectivity index (χ3v) is 3.06. The van der Waals surface area contributed by atoms with Gasteiger partial charge in [-0.25, -0.2) is 0 Å². The molecule has 0 radical (unpaired) electrons. The lowest BCUT2D eigenvalue weighted by atomic mass is 10.1. The molecule has 0 heterocycles. The van der Waals surface area contributed by atoms with Gasteiger partial charge in [0.25, 0.3) is 0 Å². The molecule has 1 unspecified atom stereocenters. The highest BCUT2D eigenvalue weighted by molar-refractivity contribution is 5.28. The van der Waals surface area contributed by atoms with E-state index in [0.717, 1.165) is 36.9 Å². The van der Waals surface area contributed by atoms with Crippen molar-refractivity contribution in [2.24, 2.45) is 5.92 Å². The van der Waals surface area contributed by atoms with Gasteiger partial charge in [-0.2, -0.15) is 0 Å². The lowest BCUT2D eigenvalue weighted by Gasteiger charge is -2.12. The summed E-state index contributed by atoms with van der Waals surface area (Å²) in [6.07, 6.45) is 3.02. The standard InChI is InChI=1S/C15H22O3/c1-2-9-18-14-7-5-13(6-8-14)15(16)11-17-10-12-3-4-12/h5-8,12,15-16H,2-4,9-11H2,1H3. The van der Waals surface area contributed by atoms with Crippen LogP contribution in [0.3, 0.4) is 0 Å². The highest BCUT2D eigenvalue weighted by atomic mass is 16.5. The van der Waals surface area contributed by atoms with Crippen molar-refractivity contribution in [3.63, 3.8) is 0 Å². The molecule has 1 aromatic rings. The molecule has 18 heavy (non-hydrogen) atoms. The fraction of sp³-hybridized carbons (Fsp3) is 0.600. The van der Waals surface area contributed by atoms with Gasteiger partial charge >= 0.3 is 0 Å². The van der Waals surface area contributed by atoms with Crippen molar-refractivity contribution in [1.29, 1.82) is 0 Å². The van der Waals surface area contributed by atoms with Gasteiger partial charge in [0, 0.05) is 6.61 Å². The number of ether oxygens (including phenoxy) is 2. The van der Waals surface area contributed by atoms with Crippen LogP contribution in [0.1, 0.15) is 37.9 Å². The summed E-state index contributed by atoms with van der Waals surface area (Å²) in [6.45, 7) is 3.97. The summed E-state index contributed by atoms with van der Waals surface area (Å²) >= 11 is 0. The van der Waals surface area contributed by atoms with E-state index in [0.29, 0.717) is 6.61 Å². The molecule has 1 N–H and O–H groups in total. The number of rotatable bonds is 8. The summed E-state index contributed by atoms with van der Waals surface area (Å²) < 4.78 is 11.0. The van der Waals surface area contributed by atoms with Crippen LogP contribution in [0.15, 0.2) is 24.3 Å². The zero-order chi connectivity index (χ0) is 12.8. The Morgan fingerprint density at radius 1 is 1.28 bits per heavy atom. The lowest BCUT2D eigenvalue weighted by Crippen LogP contribution is -2.08. The van der Waals surface area contributed by atoms with E-state index < -0.39 is 6.10 Å². The minimum absolute atomic E-state index is 0.381. The maximum atomic E-state index is 9.95. The molecule has 1 atom stereocenters. The molecule has 2 rings (SSSR count). The summed E-state index contributed by atoms with van der Waals surface area (Å²) in [5.41, 5.74) is 0.884. The quantitative estimate of drug-likeness (QED) is 0.771. The fourth-order valence-electron chi connectivity index (χ4n) is 1.73. The predicted molar refractivity (Wildman–Crippen MR) is 70.7 cm³/mol. The SMILES string of the molecule is CCCOc1ccc(C(O)COCC2CC2)cc1. The van der Waals surface area contributed by atoms with Crippen molar-refractivity contribution in [2.45, 2.75) is 32.3 Å². The summed E-state index contributed by atoms with van der Waals surface area (Å²) in [6, 6.07) is 7.59. The van der Waals surface area contributed by atoms with Gasteiger partial charge in [-0.3, -0.25) is 0 Å². The second-order valence-electron chi connectivity index (χ2n) is 4.91. The van der Waals surface area contributed by atoms with E-state index in [4.69, 9.17) is 9.47 Å². The molecule has 3 heteroatoms. The zero-order valence-corrected chi connectivity index (χ0v) is 11.0. The Morgan fingerprint density at radius 3 is 2.61 bits per heavy atom. The first-order chi connectivity index (χ1) is 8.79. The minimum atomic E-state index is -0.538. The van der Waals surface area contributed by atoms with Crippen LogP contribution >= 0.6 is 0 Å². The van der Waals surface area contributed by atoms with Crippen molar-refractivity contribution in [3.05, 3.63) is 29.8 Å². The van der Waals surface area contributed by atoms with E-state index in [1.807, 2.05) is 24.3 Å². The Hall–Kier alpha value is -1.06. The Kier molecular flexibility index (Phi) is 5.02. The van der Waals surface area contributed by atoms with Gasteiger partial charge in [-0.1, -0.05) is 19.1 Å². The monoisotopic (exact) mass is 250 g/mol. The maximum absolute atomic E-state index is 9.95. The molecule has 3 nitrogen and oxygen atoms in total. The van der Waals surface area contributed by atoms with Gasteiger partial charge in [0.15, 0.2) is 0 Å². The molecule has 0 saturated heterocycles. The Labute approximate surface area is 109 Å². The van der Waals surface area contributed by atoms with Crippen molar-refractivity contribution in [3.8, 4) is 5.75 Å². The number of hydrogen-bond acceptors (Lipinski definition) is 3. The van der Waals surface area contributed by atoms with Crippen LogP contribution in [-0.2, 0) is 4.74 Å². The van der Waals surface area contributed by atoms with Crippen LogP contribution < -0.4 is 4.74 Å². The van der Waals surface area contributed by atoms with Gasteiger partial charge in [-0.05, 0) is 42.9 Å². The molecule has 0 amide bonds. The largest absolute Gasteiger partial charge is 0.494 e. The topological polar surface area (TPSA) is 38.7 Å². The first-order valence-electron chi connectivity index (χ1n) is 6.78. The summed E-state index contributed by atoms with van der Waals surface area (Å²) in [5, 5.41) is 9.95. The number of aliphatic hydroxyl groups is 1. The van der Waals surface area contributed by atoms with Crippen LogP contribution in [-0.4, -0.2) is 24.9 Å². The highest BCUT2D eigenvalue weighted by Gasteiger charge is 2.21. The van der Waals surface area contributed by atoms with Crippen LogP contribution in [0.5, 0.6) is 5.75 Å². The first-order valence-corrected chi connectivity index (χ1v) is 6.78. The molecule has 1 fully saturated rings. The van der Waals surface area contributed by atoms with Crippen LogP contribution in [0.25, 0.3) is 0 Å². The molecular weight excluding hydrogens is 228 g/mol. The van der Waals surface area contributed by atoms with Crippen LogP contribution in [0.4, 0.5) is 0 Å². The Bertz CT molecular complexity index is 343. The Balaban J connectivity index is 1.75. The number of aliphatic hydroxyl groups excluding tert-OH is 1. The van der Waals surface area contributed by atoms with E-state index >= 15 is 0 Å². The average Bonchev–Trinajstić information content (AvgIpc) is 3.21. The minimum Gasteiger partial charge on any atom is -0.494 e. The van der Waals surface area contributed by atoms with E-state index in [2.05, 4.69) is 6.92 Å². The molecule has 1 aliphatic carbocycles. The van der Waals surface area contributed by atoms with E-state index in [9.17, 15) is 5.11 Å². The molecule has 1 aromatic carbocycles. The van der Waals surface area contributed by atoms with E-state index in [1.54, 1.807) is 0 Å². The van der Waals surface area contributed by atoms with E-state index in [-0.39, 0.29) is 0 Å². The fourth-order valence-corrected chi connectivity index (χ4v) is 1.73. The molecule has 0 bridgehead atoms. The molecule has 0 aliphatic heterocycles. The lowest BCUT2D eigenvalue weighted by molar-refractivity contribution is 0.0315. The molecule has 100 valence electrons. The highest BCUT2D eigenvalue weighted by Crippen LogP contribution is 2.29. The second-order valence-corrected chi connectivity index (χ2v) is 4.91. The van der Waals surface area contributed by atoms with Crippen molar-refractivity contribution in [2.75, 3.05) is 19.8 Å². The predicted octanol–water partition coefficient (Wildman–Crippen LogP) is 2.94. The van der Waals surface area contributed by atoms with E-state index in [1.165, 1.54) is 12.8 Å². The first kappa shape index (κ1) is 13.4. The maximum Gasteiger partial charge on any atom is 0.119 e. The molecule has 1 aliphatic rings. The van der Waals surface area contributed by atoms with Gasteiger partial charge in [0.2, 0.25) is 0 Å². The smallest absolute Gasteiger partial charge is 0.119 e. The molecule has 1 saturated carbocycles. The normalized spacial score (nSPS) is 16.6. The average molecular weight is 250 g/mol. The summed E-state index contributed by atoms with van der Waals surface area (Å²) in [7, 11) is 0. The summed E-state index contributed by atoms with van der Waals surface area (Å²) in [4.78, 5) is 0. The molecular formula is C15H22O3. The number of hydrogen-bond donors (Lipinski definition) is 1. The molecule has 0 aromatic heterocycles. The van der Waals surface area contributed by atoms with Crippen LogP contribution in [0, 0.1) is 5.92 Å². The molecule has 0 spiro atoms. The van der Waals surface area contributed by atoms with Gasteiger partial charge in [0.05, 0.1) is 13.2 Å². The Morgan fingerprint density at radius 2 is 2.00 bits per heavy atom. The third kappa shape index (κ3) is 4.31. The van der Waals surface area contributed by atoms with Crippen molar-refractivity contribution >= 4 is 0 Å². The van der Waals surface area contributed by atoms with Gasteiger partial charge < -0.3 is 14.6 Å². The number of benzene rings is 1. The second kappa shape index (κ2) is 6.76. The zero-order valence-electron chi connectivity index (χ0n) is 11.0.